The summed E-state index contributed by atoms with van der Waals surface area (Å²) >= 11 is 0. The number of cyclic esters (lactones) is 1. The first-order valence-corrected chi connectivity index (χ1v) is 4.11. The summed E-state index contributed by atoms with van der Waals surface area (Å²) in [6.07, 6.45) is 0.460. The van der Waals surface area contributed by atoms with Crippen molar-refractivity contribution in [3.05, 3.63) is 0 Å². The molecule has 2 unspecified atom stereocenters. The summed E-state index contributed by atoms with van der Waals surface area (Å²) < 4.78 is 4.72. The molecule has 1 heterocycles. The number of carbonyl (C=O) groups is 1. The summed E-state index contributed by atoms with van der Waals surface area (Å²) in [6.45, 7) is 1.78. The Hall–Kier alpha value is -0.610. The van der Waals surface area contributed by atoms with Gasteiger partial charge in [-0.3, -0.25) is 4.79 Å². The lowest BCUT2D eigenvalue weighted by molar-refractivity contribution is -0.173. The van der Waals surface area contributed by atoms with E-state index >= 15 is 0 Å². The lowest BCUT2D eigenvalue weighted by Gasteiger charge is -2.37. The molecule has 2 atom stereocenters. The fourth-order valence-electron chi connectivity index (χ4n) is 1.43. The van der Waals surface area contributed by atoms with Crippen molar-refractivity contribution in [3.63, 3.8) is 0 Å². The van der Waals surface area contributed by atoms with Gasteiger partial charge in [0.25, 0.3) is 0 Å². The monoisotopic (exact) mass is 174 g/mol. The zero-order valence-corrected chi connectivity index (χ0v) is 7.12. The summed E-state index contributed by atoms with van der Waals surface area (Å²) in [5.41, 5.74) is -1.07. The largest absolute Gasteiger partial charge is 0.465 e. The van der Waals surface area contributed by atoms with Gasteiger partial charge in [0.1, 0.15) is 0 Å². The molecule has 1 rings (SSSR count). The van der Waals surface area contributed by atoms with Gasteiger partial charge in [0.15, 0.2) is 0 Å². The van der Waals surface area contributed by atoms with Crippen LogP contribution in [0.2, 0.25) is 0 Å². The van der Waals surface area contributed by atoms with E-state index in [0.29, 0.717) is 6.42 Å². The van der Waals surface area contributed by atoms with Crippen LogP contribution in [0.5, 0.6) is 0 Å². The Balaban J connectivity index is 2.70. The minimum atomic E-state index is -1.07. The van der Waals surface area contributed by atoms with Crippen LogP contribution in [-0.4, -0.2) is 35.0 Å². The highest BCUT2D eigenvalue weighted by Crippen LogP contribution is 2.29. The molecule has 1 saturated heterocycles. The number of carbonyl (C=O) groups excluding carboxylic acids is 1. The van der Waals surface area contributed by atoms with Gasteiger partial charge in [-0.2, -0.15) is 0 Å². The Labute approximate surface area is 71.2 Å². The minimum Gasteiger partial charge on any atom is -0.465 e. The van der Waals surface area contributed by atoms with Crippen LogP contribution in [0.4, 0.5) is 0 Å². The summed E-state index contributed by atoms with van der Waals surface area (Å²) in [5, 5.41) is 18.7. The maximum atomic E-state index is 10.8. The molecule has 4 heteroatoms. The van der Waals surface area contributed by atoms with Gasteiger partial charge in [-0.15, -0.1) is 0 Å². The van der Waals surface area contributed by atoms with Crippen molar-refractivity contribution in [3.8, 4) is 0 Å². The standard InChI is InChI=1S/C8H14O4/c1-2-8(11)3-7(10)12-5-6(8)4-9/h6,9,11H,2-5H2,1H3. The van der Waals surface area contributed by atoms with E-state index in [4.69, 9.17) is 9.84 Å². The average Bonchev–Trinajstić information content (AvgIpc) is 2.05. The zero-order valence-electron chi connectivity index (χ0n) is 7.12. The van der Waals surface area contributed by atoms with Crippen molar-refractivity contribution in [1.29, 1.82) is 0 Å². The van der Waals surface area contributed by atoms with Gasteiger partial charge < -0.3 is 14.9 Å². The number of aliphatic hydroxyl groups excluding tert-OH is 1. The van der Waals surface area contributed by atoms with Crippen LogP contribution in [0.15, 0.2) is 0 Å². The van der Waals surface area contributed by atoms with E-state index in [1.165, 1.54) is 0 Å². The summed E-state index contributed by atoms with van der Waals surface area (Å²) in [5.74, 6) is -0.718. The quantitative estimate of drug-likeness (QED) is 0.563. The van der Waals surface area contributed by atoms with Crippen molar-refractivity contribution in [2.45, 2.75) is 25.4 Å². The van der Waals surface area contributed by atoms with Crippen molar-refractivity contribution in [2.75, 3.05) is 13.2 Å². The van der Waals surface area contributed by atoms with E-state index in [-0.39, 0.29) is 31.5 Å². The Morgan fingerprint density at radius 2 is 2.42 bits per heavy atom. The Kier molecular flexibility index (Phi) is 2.69. The first-order chi connectivity index (χ1) is 5.62. The Bertz CT molecular complexity index is 180. The molecule has 0 aromatic rings. The molecule has 4 nitrogen and oxygen atoms in total. The van der Waals surface area contributed by atoms with Gasteiger partial charge in [0, 0.05) is 5.92 Å². The second kappa shape index (κ2) is 3.41. The molecule has 1 aliphatic heterocycles. The SMILES string of the molecule is CCC1(O)CC(=O)OCC1CO. The van der Waals surface area contributed by atoms with Gasteiger partial charge in [0.05, 0.1) is 25.2 Å². The molecule has 1 fully saturated rings. The first-order valence-electron chi connectivity index (χ1n) is 4.11. The first kappa shape index (κ1) is 9.48. The normalized spacial score (nSPS) is 36.2. The van der Waals surface area contributed by atoms with Crippen LogP contribution in [0.3, 0.4) is 0 Å². The smallest absolute Gasteiger partial charge is 0.308 e. The molecule has 70 valence electrons. The van der Waals surface area contributed by atoms with Gasteiger partial charge in [-0.1, -0.05) is 6.92 Å². The number of esters is 1. The molecule has 0 spiro atoms. The maximum absolute atomic E-state index is 10.8. The molecule has 2 N–H and O–H groups in total. The van der Waals surface area contributed by atoms with E-state index in [0.717, 1.165) is 0 Å². The third-order valence-corrected chi connectivity index (χ3v) is 2.49. The second-order valence-electron chi connectivity index (χ2n) is 3.20. The van der Waals surface area contributed by atoms with Crippen molar-refractivity contribution in [1.82, 2.24) is 0 Å². The fourth-order valence-corrected chi connectivity index (χ4v) is 1.43. The summed E-state index contributed by atoms with van der Waals surface area (Å²) in [4.78, 5) is 10.8. The Morgan fingerprint density at radius 1 is 1.75 bits per heavy atom. The van der Waals surface area contributed by atoms with Crippen LogP contribution in [0, 0.1) is 5.92 Å². The van der Waals surface area contributed by atoms with Crippen molar-refractivity contribution < 1.29 is 19.7 Å². The Morgan fingerprint density at radius 3 is 2.92 bits per heavy atom. The highest BCUT2D eigenvalue weighted by molar-refractivity contribution is 5.71. The maximum Gasteiger partial charge on any atom is 0.308 e. The molecular formula is C8H14O4. The molecule has 0 bridgehead atoms. The number of hydrogen-bond acceptors (Lipinski definition) is 4. The highest BCUT2D eigenvalue weighted by atomic mass is 16.5. The molecule has 1 aliphatic rings. The molecule has 0 saturated carbocycles. The number of ether oxygens (including phenoxy) is 1. The molecule has 0 aromatic carbocycles. The van der Waals surface area contributed by atoms with Crippen LogP contribution in [-0.2, 0) is 9.53 Å². The number of hydrogen-bond donors (Lipinski definition) is 2. The summed E-state index contributed by atoms with van der Waals surface area (Å²) in [7, 11) is 0. The molecule has 0 amide bonds. The molecule has 0 radical (unpaired) electrons. The molecule has 0 aliphatic carbocycles. The fraction of sp³-hybridized carbons (Fsp3) is 0.875. The lowest BCUT2D eigenvalue weighted by atomic mass is 9.82. The molecular weight excluding hydrogens is 160 g/mol. The third kappa shape index (κ3) is 1.59. The molecule has 0 aromatic heterocycles. The lowest BCUT2D eigenvalue weighted by Crippen LogP contribution is -2.48. The van der Waals surface area contributed by atoms with Crippen molar-refractivity contribution in [2.24, 2.45) is 5.92 Å². The highest BCUT2D eigenvalue weighted by Gasteiger charge is 2.41. The van der Waals surface area contributed by atoms with E-state index < -0.39 is 5.60 Å². The van der Waals surface area contributed by atoms with Crippen molar-refractivity contribution >= 4 is 5.97 Å². The number of aliphatic hydroxyl groups is 2. The molecule has 12 heavy (non-hydrogen) atoms. The van der Waals surface area contributed by atoms with Gasteiger partial charge in [-0.25, -0.2) is 0 Å². The van der Waals surface area contributed by atoms with E-state index in [9.17, 15) is 9.90 Å². The van der Waals surface area contributed by atoms with Gasteiger partial charge in [0.2, 0.25) is 0 Å². The predicted octanol–water partition coefficient (Wildman–Crippen LogP) is -0.317. The van der Waals surface area contributed by atoms with E-state index in [2.05, 4.69) is 0 Å². The van der Waals surface area contributed by atoms with Gasteiger partial charge in [-0.05, 0) is 6.42 Å². The third-order valence-electron chi connectivity index (χ3n) is 2.49. The predicted molar refractivity (Wildman–Crippen MR) is 41.4 cm³/mol. The zero-order chi connectivity index (χ0) is 9.19. The topological polar surface area (TPSA) is 66.8 Å². The van der Waals surface area contributed by atoms with E-state index in [1.807, 2.05) is 0 Å². The van der Waals surface area contributed by atoms with Crippen LogP contribution >= 0.6 is 0 Å². The van der Waals surface area contributed by atoms with Crippen LogP contribution in [0.25, 0.3) is 0 Å². The van der Waals surface area contributed by atoms with Crippen LogP contribution < -0.4 is 0 Å². The second-order valence-corrected chi connectivity index (χ2v) is 3.20. The minimum absolute atomic E-state index is 0.00523. The number of rotatable bonds is 2. The van der Waals surface area contributed by atoms with Crippen LogP contribution in [0.1, 0.15) is 19.8 Å². The summed E-state index contributed by atoms with van der Waals surface area (Å²) in [6, 6.07) is 0. The van der Waals surface area contributed by atoms with E-state index in [1.54, 1.807) is 6.92 Å². The average molecular weight is 174 g/mol. The van der Waals surface area contributed by atoms with Gasteiger partial charge >= 0.3 is 5.97 Å².